The fourth-order valence-electron chi connectivity index (χ4n) is 2.44. The van der Waals surface area contributed by atoms with Crippen LogP contribution in [0.3, 0.4) is 0 Å². The summed E-state index contributed by atoms with van der Waals surface area (Å²) in [7, 11) is 0. The molecule has 3 nitrogen and oxygen atoms in total. The van der Waals surface area contributed by atoms with Crippen molar-refractivity contribution in [1.29, 1.82) is 0 Å². The normalized spacial score (nSPS) is 21.3. The lowest BCUT2D eigenvalue weighted by Gasteiger charge is -2.11. The van der Waals surface area contributed by atoms with Crippen molar-refractivity contribution in [3.8, 4) is 0 Å². The summed E-state index contributed by atoms with van der Waals surface area (Å²) in [5, 5.41) is 0. The number of Topliss-reactive ketones (excluding diaryl/α,β-unsaturated/α-hetero) is 1. The molecule has 0 aliphatic carbocycles. The van der Waals surface area contributed by atoms with Crippen molar-refractivity contribution in [1.82, 2.24) is 0 Å². The predicted molar refractivity (Wildman–Crippen MR) is 80.0 cm³/mol. The first-order valence-electron chi connectivity index (χ1n) is 7.23. The van der Waals surface area contributed by atoms with Gasteiger partial charge in [-0.2, -0.15) is 0 Å². The maximum absolute atomic E-state index is 12.1. The molecule has 0 N–H and O–H groups in total. The van der Waals surface area contributed by atoms with E-state index in [2.05, 4.69) is 0 Å². The van der Waals surface area contributed by atoms with Gasteiger partial charge in [-0.15, -0.1) is 0 Å². The number of rotatable bonds is 5. The summed E-state index contributed by atoms with van der Waals surface area (Å²) in [5.41, 5.74) is 1.78. The molecular formula is C18H18O3. The number of hydrogen-bond acceptors (Lipinski definition) is 3. The maximum Gasteiger partial charge on any atom is 0.184 e. The molecule has 0 amide bonds. The number of ketones is 1. The van der Waals surface area contributed by atoms with Crippen molar-refractivity contribution in [2.45, 2.75) is 25.2 Å². The Kier molecular flexibility index (Phi) is 4.43. The fourth-order valence-corrected chi connectivity index (χ4v) is 2.44. The summed E-state index contributed by atoms with van der Waals surface area (Å²) < 4.78 is 11.5. The van der Waals surface area contributed by atoms with E-state index >= 15 is 0 Å². The number of carbonyl (C=O) groups excluding carboxylic acids is 1. The van der Waals surface area contributed by atoms with Gasteiger partial charge in [-0.3, -0.25) is 4.79 Å². The first-order valence-corrected chi connectivity index (χ1v) is 7.23. The minimum Gasteiger partial charge on any atom is -0.346 e. The van der Waals surface area contributed by atoms with E-state index in [0.717, 1.165) is 11.1 Å². The average Bonchev–Trinajstić information content (AvgIpc) is 3.03. The SMILES string of the molecule is O=C(CCC1COC(c2ccccc2)O1)c1ccccc1. The zero-order chi connectivity index (χ0) is 14.5. The van der Waals surface area contributed by atoms with Crippen LogP contribution in [-0.2, 0) is 9.47 Å². The molecule has 108 valence electrons. The molecule has 0 aromatic heterocycles. The Morgan fingerprint density at radius 1 is 1.00 bits per heavy atom. The molecule has 0 spiro atoms. The van der Waals surface area contributed by atoms with E-state index in [1.807, 2.05) is 60.7 Å². The Balaban J connectivity index is 1.50. The minimum absolute atomic E-state index is 0.0112. The maximum atomic E-state index is 12.1. The largest absolute Gasteiger partial charge is 0.346 e. The first-order chi connectivity index (χ1) is 10.3. The number of ether oxygens (including phenoxy) is 2. The van der Waals surface area contributed by atoms with Crippen LogP contribution in [0.2, 0.25) is 0 Å². The van der Waals surface area contributed by atoms with Gasteiger partial charge in [0.15, 0.2) is 12.1 Å². The third kappa shape index (κ3) is 3.57. The second-order valence-corrected chi connectivity index (χ2v) is 5.16. The highest BCUT2D eigenvalue weighted by Gasteiger charge is 2.27. The van der Waals surface area contributed by atoms with Crippen molar-refractivity contribution in [3.63, 3.8) is 0 Å². The lowest BCUT2D eigenvalue weighted by atomic mass is 10.0. The van der Waals surface area contributed by atoms with Crippen molar-refractivity contribution in [3.05, 3.63) is 71.8 Å². The van der Waals surface area contributed by atoms with Crippen LogP contribution in [0.1, 0.15) is 35.1 Å². The Hall–Kier alpha value is -1.97. The van der Waals surface area contributed by atoms with Crippen molar-refractivity contribution < 1.29 is 14.3 Å². The lowest BCUT2D eigenvalue weighted by Crippen LogP contribution is -2.12. The summed E-state index contributed by atoms with van der Waals surface area (Å²) in [5.74, 6) is 0.155. The van der Waals surface area contributed by atoms with Crippen LogP contribution in [0.4, 0.5) is 0 Å². The van der Waals surface area contributed by atoms with Gasteiger partial charge in [-0.05, 0) is 6.42 Å². The molecule has 1 aliphatic rings. The van der Waals surface area contributed by atoms with E-state index < -0.39 is 0 Å². The zero-order valence-electron chi connectivity index (χ0n) is 11.8. The van der Waals surface area contributed by atoms with E-state index in [-0.39, 0.29) is 18.2 Å². The van der Waals surface area contributed by atoms with Gasteiger partial charge >= 0.3 is 0 Å². The molecule has 1 heterocycles. The third-order valence-electron chi connectivity index (χ3n) is 3.61. The van der Waals surface area contributed by atoms with Crippen LogP contribution in [0.25, 0.3) is 0 Å². The molecule has 0 bridgehead atoms. The predicted octanol–water partition coefficient (Wildman–Crippen LogP) is 3.76. The monoisotopic (exact) mass is 282 g/mol. The van der Waals surface area contributed by atoms with E-state index in [1.54, 1.807) is 0 Å². The summed E-state index contributed by atoms with van der Waals surface area (Å²) in [6.07, 6.45) is 0.863. The van der Waals surface area contributed by atoms with Crippen LogP contribution >= 0.6 is 0 Å². The minimum atomic E-state index is -0.303. The summed E-state index contributed by atoms with van der Waals surface area (Å²) >= 11 is 0. The van der Waals surface area contributed by atoms with Gasteiger partial charge in [-0.1, -0.05) is 60.7 Å². The van der Waals surface area contributed by atoms with Gasteiger partial charge in [0.25, 0.3) is 0 Å². The van der Waals surface area contributed by atoms with Crippen LogP contribution < -0.4 is 0 Å². The molecular weight excluding hydrogens is 264 g/mol. The van der Waals surface area contributed by atoms with Crippen LogP contribution in [0, 0.1) is 0 Å². The molecule has 3 rings (SSSR count). The molecule has 1 fully saturated rings. The Morgan fingerprint density at radius 3 is 2.38 bits per heavy atom. The van der Waals surface area contributed by atoms with E-state index in [4.69, 9.17) is 9.47 Å². The molecule has 0 radical (unpaired) electrons. The van der Waals surface area contributed by atoms with E-state index in [1.165, 1.54) is 0 Å². The number of carbonyl (C=O) groups is 1. The van der Waals surface area contributed by atoms with Crippen LogP contribution in [0.15, 0.2) is 60.7 Å². The zero-order valence-corrected chi connectivity index (χ0v) is 11.8. The summed E-state index contributed by atoms with van der Waals surface area (Å²) in [6.45, 7) is 0.543. The first kappa shape index (κ1) is 14.0. The quantitative estimate of drug-likeness (QED) is 0.783. The van der Waals surface area contributed by atoms with E-state index in [0.29, 0.717) is 19.4 Å². The van der Waals surface area contributed by atoms with Gasteiger partial charge < -0.3 is 9.47 Å². The van der Waals surface area contributed by atoms with Crippen LogP contribution in [0.5, 0.6) is 0 Å². The Morgan fingerprint density at radius 2 is 1.67 bits per heavy atom. The molecule has 3 heteroatoms. The number of benzene rings is 2. The molecule has 1 aliphatic heterocycles. The lowest BCUT2D eigenvalue weighted by molar-refractivity contribution is -0.0610. The van der Waals surface area contributed by atoms with Gasteiger partial charge in [0.2, 0.25) is 0 Å². The standard InChI is InChI=1S/C18H18O3/c19-17(14-7-3-1-4-8-14)12-11-16-13-20-18(21-16)15-9-5-2-6-10-15/h1-10,16,18H,11-13H2. The van der Waals surface area contributed by atoms with Gasteiger partial charge in [0.05, 0.1) is 12.7 Å². The van der Waals surface area contributed by atoms with Crippen molar-refractivity contribution in [2.75, 3.05) is 6.61 Å². The van der Waals surface area contributed by atoms with Crippen LogP contribution in [-0.4, -0.2) is 18.5 Å². The fraction of sp³-hybridized carbons (Fsp3) is 0.278. The van der Waals surface area contributed by atoms with Gasteiger partial charge in [0.1, 0.15) is 0 Å². The number of hydrogen-bond donors (Lipinski definition) is 0. The highest BCUT2D eigenvalue weighted by atomic mass is 16.7. The molecule has 21 heavy (non-hydrogen) atoms. The Labute approximate surface area is 124 Å². The molecule has 1 saturated heterocycles. The second kappa shape index (κ2) is 6.66. The highest BCUT2D eigenvalue weighted by molar-refractivity contribution is 5.95. The Bertz CT molecular complexity index is 580. The third-order valence-corrected chi connectivity index (χ3v) is 3.61. The topological polar surface area (TPSA) is 35.5 Å². The molecule has 2 aromatic carbocycles. The second-order valence-electron chi connectivity index (χ2n) is 5.16. The summed E-state index contributed by atoms with van der Waals surface area (Å²) in [4.78, 5) is 12.1. The molecule has 2 unspecified atom stereocenters. The van der Waals surface area contributed by atoms with Crippen molar-refractivity contribution in [2.24, 2.45) is 0 Å². The van der Waals surface area contributed by atoms with Gasteiger partial charge in [0, 0.05) is 17.5 Å². The van der Waals surface area contributed by atoms with Crippen molar-refractivity contribution >= 4 is 5.78 Å². The molecule has 0 saturated carbocycles. The molecule has 2 atom stereocenters. The highest BCUT2D eigenvalue weighted by Crippen LogP contribution is 2.28. The van der Waals surface area contributed by atoms with E-state index in [9.17, 15) is 4.79 Å². The smallest absolute Gasteiger partial charge is 0.184 e. The average molecular weight is 282 g/mol. The summed E-state index contributed by atoms with van der Waals surface area (Å²) in [6, 6.07) is 19.3. The van der Waals surface area contributed by atoms with Gasteiger partial charge in [-0.25, -0.2) is 0 Å². The molecule has 2 aromatic rings.